The molecule has 3 N–H and O–H groups in total. The minimum absolute atomic E-state index is 0.0391. The summed E-state index contributed by atoms with van der Waals surface area (Å²) in [5.41, 5.74) is 6.52. The number of carbonyl (C=O) groups excluding carboxylic acids is 1. The van der Waals surface area contributed by atoms with Crippen LogP contribution in [0.15, 0.2) is 48.5 Å². The van der Waals surface area contributed by atoms with Crippen molar-refractivity contribution in [3.05, 3.63) is 69.8 Å². The summed E-state index contributed by atoms with van der Waals surface area (Å²) in [6.45, 7) is 1.81. The smallest absolute Gasteiger partial charge is 0.282 e. The molecule has 21 heavy (non-hydrogen) atoms. The molecule has 0 heterocycles. The molecule has 6 heteroatoms. The minimum Gasteiger partial charge on any atom is -0.399 e. The molecule has 0 aliphatic carbocycles. The van der Waals surface area contributed by atoms with Crippen LogP contribution in [0.25, 0.3) is 0 Å². The molecule has 0 radical (unpaired) electrons. The fourth-order valence-corrected chi connectivity index (χ4v) is 1.99. The zero-order chi connectivity index (χ0) is 15.4. The maximum atomic E-state index is 12.2. The van der Waals surface area contributed by atoms with Crippen LogP contribution >= 0.6 is 0 Å². The van der Waals surface area contributed by atoms with E-state index in [0.29, 0.717) is 5.69 Å². The van der Waals surface area contributed by atoms with Crippen molar-refractivity contribution in [2.24, 2.45) is 0 Å². The van der Waals surface area contributed by atoms with Crippen LogP contribution in [0, 0.1) is 10.1 Å². The number of nitrogen functional groups attached to an aromatic ring is 1. The third-order valence-electron chi connectivity index (χ3n) is 3.11. The fraction of sp³-hybridized carbons (Fsp3) is 0.133. The Bertz CT molecular complexity index is 671. The van der Waals surface area contributed by atoms with E-state index >= 15 is 0 Å². The second-order valence-corrected chi connectivity index (χ2v) is 4.64. The summed E-state index contributed by atoms with van der Waals surface area (Å²) in [5, 5.41) is 13.7. The number of anilines is 1. The molecule has 2 aromatic rings. The van der Waals surface area contributed by atoms with Gasteiger partial charge in [-0.1, -0.05) is 30.3 Å². The Labute approximate surface area is 121 Å². The van der Waals surface area contributed by atoms with Gasteiger partial charge in [-0.05, 0) is 24.6 Å². The van der Waals surface area contributed by atoms with E-state index in [-0.39, 0.29) is 17.3 Å². The van der Waals surface area contributed by atoms with Crippen molar-refractivity contribution in [2.45, 2.75) is 13.0 Å². The Morgan fingerprint density at radius 2 is 1.90 bits per heavy atom. The van der Waals surface area contributed by atoms with Crippen molar-refractivity contribution >= 4 is 17.3 Å². The Morgan fingerprint density at radius 1 is 1.24 bits per heavy atom. The zero-order valence-electron chi connectivity index (χ0n) is 11.4. The van der Waals surface area contributed by atoms with E-state index in [4.69, 9.17) is 5.73 Å². The van der Waals surface area contributed by atoms with Crippen LogP contribution in [0.5, 0.6) is 0 Å². The molecule has 1 unspecified atom stereocenters. The number of rotatable bonds is 4. The molecule has 0 fully saturated rings. The summed E-state index contributed by atoms with van der Waals surface area (Å²) in [7, 11) is 0. The highest BCUT2D eigenvalue weighted by Gasteiger charge is 2.21. The molecule has 1 amide bonds. The lowest BCUT2D eigenvalue weighted by molar-refractivity contribution is -0.385. The number of nitrogens with one attached hydrogen (secondary N) is 1. The molecule has 0 aliphatic heterocycles. The molecule has 2 aromatic carbocycles. The highest BCUT2D eigenvalue weighted by atomic mass is 16.6. The first-order chi connectivity index (χ1) is 9.99. The van der Waals surface area contributed by atoms with E-state index < -0.39 is 10.8 Å². The van der Waals surface area contributed by atoms with Gasteiger partial charge in [-0.25, -0.2) is 0 Å². The van der Waals surface area contributed by atoms with Gasteiger partial charge in [0, 0.05) is 11.8 Å². The van der Waals surface area contributed by atoms with E-state index in [2.05, 4.69) is 5.32 Å². The summed E-state index contributed by atoms with van der Waals surface area (Å²) in [5.74, 6) is -0.523. The number of benzene rings is 2. The number of nitro benzene ring substituents is 1. The summed E-state index contributed by atoms with van der Waals surface area (Å²) in [6.07, 6.45) is 0. The number of hydrogen-bond acceptors (Lipinski definition) is 4. The van der Waals surface area contributed by atoms with Crippen molar-refractivity contribution < 1.29 is 9.72 Å². The fourth-order valence-electron chi connectivity index (χ4n) is 1.99. The lowest BCUT2D eigenvalue weighted by Crippen LogP contribution is -2.27. The van der Waals surface area contributed by atoms with Crippen LogP contribution in [0.2, 0.25) is 0 Å². The number of carbonyl (C=O) groups is 1. The molecule has 0 aliphatic rings. The van der Waals surface area contributed by atoms with Gasteiger partial charge in [0.15, 0.2) is 0 Å². The normalized spacial score (nSPS) is 11.7. The van der Waals surface area contributed by atoms with E-state index in [0.717, 1.165) is 5.56 Å². The van der Waals surface area contributed by atoms with Gasteiger partial charge < -0.3 is 11.1 Å². The van der Waals surface area contributed by atoms with Gasteiger partial charge >= 0.3 is 0 Å². The second-order valence-electron chi connectivity index (χ2n) is 4.64. The van der Waals surface area contributed by atoms with Crippen LogP contribution in [0.1, 0.15) is 28.9 Å². The highest BCUT2D eigenvalue weighted by molar-refractivity contribution is 5.99. The SMILES string of the molecule is CC(NC(=O)c1cc(N)ccc1[N+](=O)[O-])c1ccccc1. The number of nitrogens with two attached hydrogens (primary N) is 1. The van der Waals surface area contributed by atoms with E-state index in [9.17, 15) is 14.9 Å². The maximum absolute atomic E-state index is 12.2. The monoisotopic (exact) mass is 285 g/mol. The lowest BCUT2D eigenvalue weighted by Gasteiger charge is -2.14. The number of hydrogen-bond donors (Lipinski definition) is 2. The van der Waals surface area contributed by atoms with Gasteiger partial charge in [0.1, 0.15) is 5.56 Å². The van der Waals surface area contributed by atoms with Gasteiger partial charge in [-0.3, -0.25) is 14.9 Å². The van der Waals surface area contributed by atoms with Crippen LogP contribution in [-0.4, -0.2) is 10.8 Å². The largest absolute Gasteiger partial charge is 0.399 e. The van der Waals surface area contributed by atoms with E-state index in [1.165, 1.54) is 18.2 Å². The average molecular weight is 285 g/mol. The Morgan fingerprint density at radius 3 is 2.52 bits per heavy atom. The Hall–Kier alpha value is -2.89. The van der Waals surface area contributed by atoms with Crippen molar-refractivity contribution in [3.8, 4) is 0 Å². The molecule has 0 spiro atoms. The van der Waals surface area contributed by atoms with Crippen molar-refractivity contribution in [1.82, 2.24) is 5.32 Å². The third-order valence-corrected chi connectivity index (χ3v) is 3.11. The quantitative estimate of drug-likeness (QED) is 0.512. The molecular weight excluding hydrogens is 270 g/mol. The molecule has 0 aromatic heterocycles. The molecule has 2 rings (SSSR count). The summed E-state index contributed by atoms with van der Waals surface area (Å²) >= 11 is 0. The lowest BCUT2D eigenvalue weighted by atomic mass is 10.1. The number of nitro groups is 1. The average Bonchev–Trinajstić information content (AvgIpc) is 2.47. The Kier molecular flexibility index (Phi) is 4.18. The second kappa shape index (κ2) is 6.04. The van der Waals surface area contributed by atoms with Gasteiger partial charge in [0.2, 0.25) is 0 Å². The predicted octanol–water partition coefficient (Wildman–Crippen LogP) is 2.67. The van der Waals surface area contributed by atoms with Gasteiger partial charge in [-0.15, -0.1) is 0 Å². The maximum Gasteiger partial charge on any atom is 0.282 e. The zero-order valence-corrected chi connectivity index (χ0v) is 11.4. The molecule has 0 bridgehead atoms. The number of amides is 1. The summed E-state index contributed by atoms with van der Waals surface area (Å²) < 4.78 is 0. The van der Waals surface area contributed by atoms with Crippen molar-refractivity contribution in [3.63, 3.8) is 0 Å². The Balaban J connectivity index is 2.25. The van der Waals surface area contributed by atoms with Crippen LogP contribution in [0.3, 0.4) is 0 Å². The molecular formula is C15H15N3O3. The first-order valence-corrected chi connectivity index (χ1v) is 6.38. The van der Waals surface area contributed by atoms with Crippen molar-refractivity contribution in [2.75, 3.05) is 5.73 Å². The standard InChI is InChI=1S/C15H15N3O3/c1-10(11-5-3-2-4-6-11)17-15(19)13-9-12(16)7-8-14(13)18(20)21/h2-10H,16H2,1H3,(H,17,19). The van der Waals surface area contributed by atoms with Crippen LogP contribution in [0.4, 0.5) is 11.4 Å². The van der Waals surface area contributed by atoms with Crippen LogP contribution < -0.4 is 11.1 Å². The first-order valence-electron chi connectivity index (χ1n) is 6.38. The third kappa shape index (κ3) is 3.36. The van der Waals surface area contributed by atoms with Crippen LogP contribution in [-0.2, 0) is 0 Å². The van der Waals surface area contributed by atoms with E-state index in [1.807, 2.05) is 37.3 Å². The van der Waals surface area contributed by atoms with Crippen molar-refractivity contribution in [1.29, 1.82) is 0 Å². The minimum atomic E-state index is -0.596. The topological polar surface area (TPSA) is 98.3 Å². The molecule has 108 valence electrons. The van der Waals surface area contributed by atoms with Gasteiger partial charge in [0.25, 0.3) is 11.6 Å². The van der Waals surface area contributed by atoms with Gasteiger partial charge in [0.05, 0.1) is 11.0 Å². The predicted molar refractivity (Wildman–Crippen MR) is 79.8 cm³/mol. The highest BCUT2D eigenvalue weighted by Crippen LogP contribution is 2.22. The molecule has 0 saturated heterocycles. The molecule has 1 atom stereocenters. The first kappa shape index (κ1) is 14.5. The summed E-state index contributed by atoms with van der Waals surface area (Å²) in [6, 6.07) is 13.0. The molecule has 6 nitrogen and oxygen atoms in total. The molecule has 0 saturated carbocycles. The van der Waals surface area contributed by atoms with Gasteiger partial charge in [-0.2, -0.15) is 0 Å². The van der Waals surface area contributed by atoms with E-state index in [1.54, 1.807) is 0 Å². The number of nitrogens with zero attached hydrogens (tertiary/aromatic N) is 1. The summed E-state index contributed by atoms with van der Waals surface area (Å²) in [4.78, 5) is 22.6.